The van der Waals surface area contributed by atoms with Crippen molar-refractivity contribution < 1.29 is 22.8 Å². The molecule has 1 aromatic rings. The fraction of sp³-hybridized carbons (Fsp3) is 0.529. The van der Waals surface area contributed by atoms with Gasteiger partial charge < -0.3 is 15.5 Å². The van der Waals surface area contributed by atoms with Gasteiger partial charge in [0.1, 0.15) is 0 Å². The molecule has 27 heavy (non-hydrogen) atoms. The van der Waals surface area contributed by atoms with Crippen LogP contribution in [0.2, 0.25) is 5.02 Å². The number of benzene rings is 1. The number of halogens is 4. The Morgan fingerprint density at radius 1 is 1.22 bits per heavy atom. The van der Waals surface area contributed by atoms with Crippen LogP contribution < -0.4 is 10.6 Å². The molecule has 1 unspecified atom stereocenters. The molecule has 1 saturated heterocycles. The Kier molecular flexibility index (Phi) is 6.94. The molecule has 6 nitrogen and oxygen atoms in total. The molecule has 1 fully saturated rings. The van der Waals surface area contributed by atoms with Crippen molar-refractivity contribution in [3.05, 3.63) is 28.8 Å². The van der Waals surface area contributed by atoms with Gasteiger partial charge in [-0.1, -0.05) is 11.6 Å². The minimum absolute atomic E-state index is 0.0320. The summed E-state index contributed by atoms with van der Waals surface area (Å²) in [6, 6.07) is 2.56. The molecule has 0 aromatic heterocycles. The van der Waals surface area contributed by atoms with Crippen LogP contribution in [0.4, 0.5) is 23.7 Å². The largest absolute Gasteiger partial charge is 0.417 e. The van der Waals surface area contributed by atoms with E-state index in [0.29, 0.717) is 32.7 Å². The van der Waals surface area contributed by atoms with E-state index in [1.165, 1.54) is 6.07 Å². The minimum Gasteiger partial charge on any atom is -0.338 e. The van der Waals surface area contributed by atoms with Crippen LogP contribution in [0.3, 0.4) is 0 Å². The average Bonchev–Trinajstić information content (AvgIpc) is 2.62. The van der Waals surface area contributed by atoms with Gasteiger partial charge in [-0.2, -0.15) is 13.2 Å². The highest BCUT2D eigenvalue weighted by Gasteiger charge is 2.34. The van der Waals surface area contributed by atoms with Crippen molar-refractivity contribution in [3.63, 3.8) is 0 Å². The number of piperazine rings is 1. The van der Waals surface area contributed by atoms with Gasteiger partial charge in [-0.05, 0) is 32.0 Å². The maximum atomic E-state index is 12.9. The van der Waals surface area contributed by atoms with E-state index in [4.69, 9.17) is 11.6 Å². The van der Waals surface area contributed by atoms with Gasteiger partial charge in [0.2, 0.25) is 5.91 Å². The van der Waals surface area contributed by atoms with Crippen LogP contribution in [-0.4, -0.2) is 60.5 Å². The number of anilines is 1. The first-order valence-electron chi connectivity index (χ1n) is 8.58. The summed E-state index contributed by atoms with van der Waals surface area (Å²) < 4.78 is 38.8. The second-order valence-electron chi connectivity index (χ2n) is 6.22. The molecule has 1 atom stereocenters. The van der Waals surface area contributed by atoms with Gasteiger partial charge >= 0.3 is 12.2 Å². The third kappa shape index (κ3) is 5.49. The zero-order valence-electron chi connectivity index (χ0n) is 15.1. The lowest BCUT2D eigenvalue weighted by atomic mass is 10.1. The highest BCUT2D eigenvalue weighted by molar-refractivity contribution is 6.31. The van der Waals surface area contributed by atoms with Crippen LogP contribution in [0.25, 0.3) is 0 Å². The number of carbonyl (C=O) groups is 2. The maximum Gasteiger partial charge on any atom is 0.417 e. The lowest BCUT2D eigenvalue weighted by Gasteiger charge is -2.37. The SMILES string of the molecule is CCNC(=O)N1CCN(C(C)C(=O)Nc2ccc(Cl)c(C(F)(F)F)c2)CC1. The molecule has 150 valence electrons. The summed E-state index contributed by atoms with van der Waals surface area (Å²) in [5.74, 6) is -0.420. The fourth-order valence-corrected chi connectivity index (χ4v) is 3.03. The molecule has 1 heterocycles. The van der Waals surface area contributed by atoms with Gasteiger partial charge in [0.15, 0.2) is 0 Å². The number of alkyl halides is 3. The van der Waals surface area contributed by atoms with E-state index in [1.807, 2.05) is 11.8 Å². The first-order valence-corrected chi connectivity index (χ1v) is 8.95. The first kappa shape index (κ1) is 21.3. The van der Waals surface area contributed by atoms with E-state index < -0.39 is 28.7 Å². The Morgan fingerprint density at radius 3 is 2.41 bits per heavy atom. The number of hydrogen-bond donors (Lipinski definition) is 2. The Labute approximate surface area is 160 Å². The van der Waals surface area contributed by atoms with E-state index in [1.54, 1.807) is 11.8 Å². The number of nitrogens with zero attached hydrogens (tertiary/aromatic N) is 2. The van der Waals surface area contributed by atoms with E-state index >= 15 is 0 Å². The summed E-state index contributed by atoms with van der Waals surface area (Å²) in [5.41, 5.74) is -0.963. The molecule has 2 N–H and O–H groups in total. The predicted octanol–water partition coefficient (Wildman–Crippen LogP) is 3.03. The maximum absolute atomic E-state index is 12.9. The summed E-state index contributed by atoms with van der Waals surface area (Å²) >= 11 is 5.59. The van der Waals surface area contributed by atoms with Crippen molar-refractivity contribution in [1.82, 2.24) is 15.1 Å². The lowest BCUT2D eigenvalue weighted by Crippen LogP contribution is -2.55. The van der Waals surface area contributed by atoms with Crippen LogP contribution in [0, 0.1) is 0 Å². The summed E-state index contributed by atoms with van der Waals surface area (Å²) in [7, 11) is 0. The number of rotatable bonds is 4. The Balaban J connectivity index is 1.96. The molecule has 10 heteroatoms. The van der Waals surface area contributed by atoms with Gasteiger partial charge in [-0.25, -0.2) is 4.79 Å². The Hall–Kier alpha value is -2.00. The molecular weight excluding hydrogens is 385 g/mol. The summed E-state index contributed by atoms with van der Waals surface area (Å²) in [6.07, 6.45) is -4.60. The van der Waals surface area contributed by atoms with Gasteiger partial charge in [0, 0.05) is 38.4 Å². The van der Waals surface area contributed by atoms with Crippen LogP contribution >= 0.6 is 11.6 Å². The second kappa shape index (κ2) is 8.79. The molecule has 0 saturated carbocycles. The molecule has 3 amide bonds. The standard InChI is InChI=1S/C17H22ClF3N4O2/c1-3-22-16(27)25-8-6-24(7-9-25)11(2)15(26)23-12-4-5-14(18)13(10-12)17(19,20)21/h4-5,10-11H,3,6-9H2,1-2H3,(H,22,27)(H,23,26). The summed E-state index contributed by atoms with van der Waals surface area (Å²) in [4.78, 5) is 27.8. The number of amides is 3. The monoisotopic (exact) mass is 406 g/mol. The van der Waals surface area contributed by atoms with Crippen LogP contribution in [0.5, 0.6) is 0 Å². The predicted molar refractivity (Wildman–Crippen MR) is 96.8 cm³/mol. The Bertz CT molecular complexity index is 691. The topological polar surface area (TPSA) is 64.7 Å². The number of nitrogens with one attached hydrogen (secondary N) is 2. The van der Waals surface area contributed by atoms with Crippen LogP contribution in [-0.2, 0) is 11.0 Å². The van der Waals surface area contributed by atoms with Crippen molar-refractivity contribution >= 4 is 29.2 Å². The van der Waals surface area contributed by atoms with Crippen molar-refractivity contribution in [2.75, 3.05) is 38.0 Å². The summed E-state index contributed by atoms with van der Waals surface area (Å²) in [5, 5.41) is 4.80. The van der Waals surface area contributed by atoms with Crippen molar-refractivity contribution in [3.8, 4) is 0 Å². The lowest BCUT2D eigenvalue weighted by molar-refractivity contribution is -0.137. The van der Waals surface area contributed by atoms with E-state index in [2.05, 4.69) is 10.6 Å². The zero-order chi connectivity index (χ0) is 20.2. The highest BCUT2D eigenvalue weighted by Crippen LogP contribution is 2.36. The molecule has 0 radical (unpaired) electrons. The number of carbonyl (C=O) groups excluding carboxylic acids is 2. The van der Waals surface area contributed by atoms with Crippen LogP contribution in [0.1, 0.15) is 19.4 Å². The molecule has 0 spiro atoms. The number of urea groups is 1. The van der Waals surface area contributed by atoms with Gasteiger partial charge in [-0.3, -0.25) is 9.69 Å². The van der Waals surface area contributed by atoms with Crippen molar-refractivity contribution in [1.29, 1.82) is 0 Å². The van der Waals surface area contributed by atoms with Gasteiger partial charge in [0.25, 0.3) is 0 Å². The van der Waals surface area contributed by atoms with Gasteiger partial charge in [-0.15, -0.1) is 0 Å². The second-order valence-corrected chi connectivity index (χ2v) is 6.62. The molecular formula is C17H22ClF3N4O2. The van der Waals surface area contributed by atoms with E-state index in [-0.39, 0.29) is 11.7 Å². The third-order valence-corrected chi connectivity index (χ3v) is 4.73. The molecule has 1 aliphatic rings. The Morgan fingerprint density at radius 2 is 1.85 bits per heavy atom. The molecule has 0 bridgehead atoms. The highest BCUT2D eigenvalue weighted by atomic mass is 35.5. The van der Waals surface area contributed by atoms with Crippen molar-refractivity contribution in [2.45, 2.75) is 26.1 Å². The number of hydrogen-bond acceptors (Lipinski definition) is 3. The third-order valence-electron chi connectivity index (χ3n) is 4.40. The first-order chi connectivity index (χ1) is 12.6. The van der Waals surface area contributed by atoms with E-state index in [9.17, 15) is 22.8 Å². The molecule has 0 aliphatic carbocycles. The molecule has 1 aromatic carbocycles. The quantitative estimate of drug-likeness (QED) is 0.807. The van der Waals surface area contributed by atoms with Crippen molar-refractivity contribution in [2.24, 2.45) is 0 Å². The molecule has 2 rings (SSSR count). The summed E-state index contributed by atoms with van der Waals surface area (Å²) in [6.45, 7) is 6.00. The minimum atomic E-state index is -4.60. The fourth-order valence-electron chi connectivity index (χ4n) is 2.81. The normalized spacial score (nSPS) is 16.7. The smallest absolute Gasteiger partial charge is 0.338 e. The van der Waals surface area contributed by atoms with Gasteiger partial charge in [0.05, 0.1) is 16.6 Å². The molecule has 1 aliphatic heterocycles. The van der Waals surface area contributed by atoms with Crippen LogP contribution in [0.15, 0.2) is 18.2 Å². The average molecular weight is 407 g/mol. The van der Waals surface area contributed by atoms with E-state index in [0.717, 1.165) is 12.1 Å². The zero-order valence-corrected chi connectivity index (χ0v) is 15.8.